The molecule has 0 spiro atoms. The molecule has 0 aliphatic carbocycles. The van der Waals surface area contributed by atoms with Gasteiger partial charge in [0.1, 0.15) is 0 Å². The number of hydrogen-bond donors (Lipinski definition) is 1. The molecule has 0 aliphatic rings. The highest BCUT2D eigenvalue weighted by Crippen LogP contribution is 2.16. The minimum atomic E-state index is 0.175. The van der Waals surface area contributed by atoms with Crippen LogP contribution in [0.15, 0.2) is 48.8 Å². The lowest BCUT2D eigenvalue weighted by molar-refractivity contribution is 0.167. The third-order valence-electron chi connectivity index (χ3n) is 3.13. The van der Waals surface area contributed by atoms with Crippen molar-refractivity contribution >= 4 is 11.6 Å². The molecule has 0 radical (unpaired) electrons. The Morgan fingerprint density at radius 2 is 2.05 bits per heavy atom. The van der Waals surface area contributed by atoms with E-state index in [9.17, 15) is 0 Å². The van der Waals surface area contributed by atoms with Crippen LogP contribution in [0, 0.1) is 0 Å². The van der Waals surface area contributed by atoms with Crippen LogP contribution in [-0.2, 0) is 11.2 Å². The summed E-state index contributed by atoms with van der Waals surface area (Å²) in [5.74, 6) is 0. The second kappa shape index (κ2) is 8.00. The van der Waals surface area contributed by atoms with E-state index in [1.54, 1.807) is 13.3 Å². The van der Waals surface area contributed by atoms with Crippen molar-refractivity contribution in [3.8, 4) is 0 Å². The molecule has 4 heteroatoms. The van der Waals surface area contributed by atoms with E-state index in [0.717, 1.165) is 18.0 Å². The highest BCUT2D eigenvalue weighted by atomic mass is 35.5. The van der Waals surface area contributed by atoms with Gasteiger partial charge in [0.25, 0.3) is 0 Å². The Labute approximate surface area is 124 Å². The van der Waals surface area contributed by atoms with Crippen molar-refractivity contribution in [1.82, 2.24) is 10.3 Å². The first-order valence-electron chi connectivity index (χ1n) is 6.66. The number of hydrogen-bond acceptors (Lipinski definition) is 3. The van der Waals surface area contributed by atoms with E-state index in [-0.39, 0.29) is 6.04 Å². The molecule has 0 bridgehead atoms. The van der Waals surface area contributed by atoms with E-state index in [1.807, 2.05) is 36.5 Å². The maximum atomic E-state index is 5.92. The van der Waals surface area contributed by atoms with Crippen LogP contribution in [0.1, 0.15) is 17.2 Å². The summed E-state index contributed by atoms with van der Waals surface area (Å²) in [7, 11) is 1.71. The predicted octanol–water partition coefficient (Wildman–Crippen LogP) is 3.25. The summed E-state index contributed by atoms with van der Waals surface area (Å²) in [6.45, 7) is 1.51. The van der Waals surface area contributed by atoms with Gasteiger partial charge in [0, 0.05) is 24.5 Å². The van der Waals surface area contributed by atoms with Crippen LogP contribution in [-0.4, -0.2) is 25.2 Å². The second-order valence-electron chi connectivity index (χ2n) is 4.62. The molecule has 106 valence electrons. The zero-order chi connectivity index (χ0) is 14.2. The Kier molecular flexibility index (Phi) is 5.99. The third-order valence-corrected chi connectivity index (χ3v) is 3.38. The number of nitrogens with one attached hydrogen (secondary N) is 1. The van der Waals surface area contributed by atoms with Crippen molar-refractivity contribution in [3.63, 3.8) is 0 Å². The summed E-state index contributed by atoms with van der Waals surface area (Å²) < 4.78 is 5.28. The molecule has 3 nitrogen and oxygen atoms in total. The molecule has 0 amide bonds. The first-order chi connectivity index (χ1) is 9.79. The van der Waals surface area contributed by atoms with Gasteiger partial charge in [0.05, 0.1) is 12.6 Å². The topological polar surface area (TPSA) is 34.1 Å². The smallest absolute Gasteiger partial charge is 0.0657 e. The average molecular weight is 291 g/mol. The molecular formula is C16H19ClN2O. The van der Waals surface area contributed by atoms with Gasteiger partial charge in [-0.15, -0.1) is 0 Å². The number of ether oxygens (including phenoxy) is 1. The van der Waals surface area contributed by atoms with Gasteiger partial charge in [-0.3, -0.25) is 4.98 Å². The van der Waals surface area contributed by atoms with E-state index in [0.29, 0.717) is 6.61 Å². The number of nitrogens with zero attached hydrogens (tertiary/aromatic N) is 1. The summed E-state index contributed by atoms with van der Waals surface area (Å²) in [6, 6.07) is 12.1. The normalized spacial score (nSPS) is 12.3. The lowest BCUT2D eigenvalue weighted by Crippen LogP contribution is -2.27. The first-order valence-corrected chi connectivity index (χ1v) is 7.04. The molecule has 0 saturated carbocycles. The number of pyridine rings is 1. The molecule has 1 unspecified atom stereocenters. The molecular weight excluding hydrogens is 272 g/mol. The van der Waals surface area contributed by atoms with Gasteiger partial charge in [-0.2, -0.15) is 0 Å². The van der Waals surface area contributed by atoms with Crippen LogP contribution >= 0.6 is 11.6 Å². The largest absolute Gasteiger partial charge is 0.383 e. The van der Waals surface area contributed by atoms with Crippen molar-refractivity contribution in [2.75, 3.05) is 20.3 Å². The Morgan fingerprint density at radius 3 is 2.70 bits per heavy atom. The van der Waals surface area contributed by atoms with Crippen LogP contribution in [0.4, 0.5) is 0 Å². The highest BCUT2D eigenvalue weighted by molar-refractivity contribution is 6.30. The fourth-order valence-electron chi connectivity index (χ4n) is 2.07. The quantitative estimate of drug-likeness (QED) is 0.850. The molecule has 2 rings (SSSR count). The van der Waals surface area contributed by atoms with E-state index >= 15 is 0 Å². The fraction of sp³-hybridized carbons (Fsp3) is 0.312. The fourth-order valence-corrected chi connectivity index (χ4v) is 2.20. The Hall–Kier alpha value is -1.42. The second-order valence-corrected chi connectivity index (χ2v) is 5.06. The summed E-state index contributed by atoms with van der Waals surface area (Å²) in [4.78, 5) is 4.12. The molecule has 20 heavy (non-hydrogen) atoms. The summed E-state index contributed by atoms with van der Waals surface area (Å²) in [6.07, 6.45) is 4.63. The standard InChI is InChI=1S/C16H19ClN2O/c1-20-12-16(14-4-6-15(17)7-5-14)19-10-8-13-3-2-9-18-11-13/h2-7,9,11,16,19H,8,10,12H2,1H3. The van der Waals surface area contributed by atoms with Gasteiger partial charge in [0.2, 0.25) is 0 Å². The summed E-state index contributed by atoms with van der Waals surface area (Å²) in [5.41, 5.74) is 2.41. The Balaban J connectivity index is 1.90. The van der Waals surface area contributed by atoms with Crippen LogP contribution in [0.3, 0.4) is 0 Å². The molecule has 0 saturated heterocycles. The van der Waals surface area contributed by atoms with Gasteiger partial charge in [-0.25, -0.2) is 0 Å². The number of rotatable bonds is 7. The Morgan fingerprint density at radius 1 is 1.25 bits per heavy atom. The highest BCUT2D eigenvalue weighted by Gasteiger charge is 2.10. The van der Waals surface area contributed by atoms with Crippen molar-refractivity contribution < 1.29 is 4.74 Å². The van der Waals surface area contributed by atoms with Crippen LogP contribution < -0.4 is 5.32 Å². The summed E-state index contributed by atoms with van der Waals surface area (Å²) >= 11 is 5.92. The zero-order valence-corrected chi connectivity index (χ0v) is 12.3. The number of methoxy groups -OCH3 is 1. The lowest BCUT2D eigenvalue weighted by atomic mass is 10.1. The van der Waals surface area contributed by atoms with Gasteiger partial charge in [-0.1, -0.05) is 29.8 Å². The van der Waals surface area contributed by atoms with Gasteiger partial charge in [-0.05, 0) is 42.3 Å². The van der Waals surface area contributed by atoms with Crippen LogP contribution in [0.25, 0.3) is 0 Å². The molecule has 1 aromatic heterocycles. The molecule has 1 aromatic carbocycles. The maximum Gasteiger partial charge on any atom is 0.0657 e. The van der Waals surface area contributed by atoms with Crippen molar-refractivity contribution in [3.05, 3.63) is 64.9 Å². The predicted molar refractivity (Wildman–Crippen MR) is 82.0 cm³/mol. The van der Waals surface area contributed by atoms with Gasteiger partial charge in [0.15, 0.2) is 0 Å². The van der Waals surface area contributed by atoms with E-state index < -0.39 is 0 Å². The van der Waals surface area contributed by atoms with Crippen LogP contribution in [0.5, 0.6) is 0 Å². The molecule has 0 fully saturated rings. The summed E-state index contributed by atoms with van der Waals surface area (Å²) in [5, 5.41) is 4.26. The van der Waals surface area contributed by atoms with E-state index in [1.165, 1.54) is 11.1 Å². The molecule has 1 heterocycles. The molecule has 2 aromatic rings. The Bertz CT molecular complexity index is 502. The number of aromatic nitrogens is 1. The number of benzene rings is 1. The van der Waals surface area contributed by atoms with Crippen molar-refractivity contribution in [2.24, 2.45) is 0 Å². The van der Waals surface area contributed by atoms with Crippen molar-refractivity contribution in [1.29, 1.82) is 0 Å². The number of halogens is 1. The average Bonchev–Trinajstić information content (AvgIpc) is 2.48. The monoisotopic (exact) mass is 290 g/mol. The molecule has 1 N–H and O–H groups in total. The molecule has 1 atom stereocenters. The maximum absolute atomic E-state index is 5.92. The van der Waals surface area contributed by atoms with Gasteiger partial charge >= 0.3 is 0 Å². The zero-order valence-electron chi connectivity index (χ0n) is 11.6. The first kappa shape index (κ1) is 15.0. The SMILES string of the molecule is COCC(NCCc1cccnc1)c1ccc(Cl)cc1. The van der Waals surface area contributed by atoms with Crippen molar-refractivity contribution in [2.45, 2.75) is 12.5 Å². The van der Waals surface area contributed by atoms with E-state index in [2.05, 4.69) is 16.4 Å². The minimum Gasteiger partial charge on any atom is -0.383 e. The minimum absolute atomic E-state index is 0.175. The van der Waals surface area contributed by atoms with Crippen LogP contribution in [0.2, 0.25) is 5.02 Å². The van der Waals surface area contributed by atoms with Gasteiger partial charge < -0.3 is 10.1 Å². The van der Waals surface area contributed by atoms with E-state index in [4.69, 9.17) is 16.3 Å². The lowest BCUT2D eigenvalue weighted by Gasteiger charge is -2.18. The molecule has 0 aliphatic heterocycles. The third kappa shape index (κ3) is 4.60.